The number of aliphatic hydroxyl groups is 1. The maximum atomic E-state index is 12.5. The summed E-state index contributed by atoms with van der Waals surface area (Å²) < 4.78 is 0. The molecule has 1 aliphatic heterocycles. The van der Waals surface area contributed by atoms with Crippen LogP contribution in [-0.2, 0) is 16.8 Å². The van der Waals surface area contributed by atoms with Gasteiger partial charge in [-0.2, -0.15) is 0 Å². The van der Waals surface area contributed by atoms with Gasteiger partial charge < -0.3 is 10.0 Å². The molecule has 0 saturated carbocycles. The molecule has 1 aliphatic rings. The van der Waals surface area contributed by atoms with Gasteiger partial charge >= 0.3 is 0 Å². The average Bonchev–Trinajstić information content (AvgIpc) is 3.04. The fraction of sp³-hybridized carbons (Fsp3) is 0.421. The summed E-state index contributed by atoms with van der Waals surface area (Å²) in [6.07, 6.45) is 3.02. The zero-order valence-corrected chi connectivity index (χ0v) is 15.3. The van der Waals surface area contributed by atoms with Gasteiger partial charge in [-0.1, -0.05) is 6.07 Å². The summed E-state index contributed by atoms with van der Waals surface area (Å²) in [5, 5.41) is 12.7. The summed E-state index contributed by atoms with van der Waals surface area (Å²) in [6, 6.07) is 5.60. The molecule has 1 amide bonds. The number of pyridine rings is 1. The van der Waals surface area contributed by atoms with Gasteiger partial charge in [0.15, 0.2) is 5.78 Å². The minimum absolute atomic E-state index is 0.0253. The first-order valence-corrected chi connectivity index (χ1v) is 9.27. The maximum Gasteiger partial charge on any atom is 0.227 e. The van der Waals surface area contributed by atoms with E-state index in [1.165, 1.54) is 18.3 Å². The van der Waals surface area contributed by atoms with Crippen molar-refractivity contribution >= 4 is 23.0 Å². The lowest BCUT2D eigenvalue weighted by Gasteiger charge is -2.37. The number of aromatic nitrogens is 1. The monoisotopic (exact) mass is 358 g/mol. The molecule has 0 bridgehead atoms. The summed E-state index contributed by atoms with van der Waals surface area (Å²) in [5.41, 5.74) is 1.64. The van der Waals surface area contributed by atoms with Crippen LogP contribution in [0.4, 0.5) is 0 Å². The minimum Gasteiger partial charge on any atom is -0.383 e. The zero-order chi connectivity index (χ0) is 18.0. The van der Waals surface area contributed by atoms with Crippen LogP contribution < -0.4 is 0 Å². The Morgan fingerprint density at radius 3 is 2.60 bits per heavy atom. The number of nitrogens with zero attached hydrogens (tertiary/aromatic N) is 2. The molecule has 0 atom stereocenters. The van der Waals surface area contributed by atoms with Crippen LogP contribution >= 0.6 is 11.3 Å². The van der Waals surface area contributed by atoms with Gasteiger partial charge in [-0.15, -0.1) is 11.3 Å². The van der Waals surface area contributed by atoms with E-state index in [-0.39, 0.29) is 11.7 Å². The second kappa shape index (κ2) is 7.06. The van der Waals surface area contributed by atoms with Crippen molar-refractivity contribution in [2.75, 3.05) is 13.1 Å². The molecule has 5 nitrogen and oxygen atoms in total. The van der Waals surface area contributed by atoms with Crippen molar-refractivity contribution < 1.29 is 14.7 Å². The van der Waals surface area contributed by atoms with Gasteiger partial charge in [0.2, 0.25) is 5.91 Å². The molecule has 0 unspecified atom stereocenters. The molecule has 0 radical (unpaired) electrons. The quantitative estimate of drug-likeness (QED) is 0.853. The molecular weight excluding hydrogens is 336 g/mol. The van der Waals surface area contributed by atoms with Crippen molar-refractivity contribution in [1.82, 2.24) is 9.88 Å². The third-order valence-corrected chi connectivity index (χ3v) is 5.77. The van der Waals surface area contributed by atoms with E-state index in [2.05, 4.69) is 4.98 Å². The van der Waals surface area contributed by atoms with Gasteiger partial charge in [-0.05, 0) is 55.3 Å². The van der Waals surface area contributed by atoms with Gasteiger partial charge in [-0.3, -0.25) is 14.6 Å². The van der Waals surface area contributed by atoms with Gasteiger partial charge in [0, 0.05) is 19.3 Å². The maximum absolute atomic E-state index is 12.5. The number of ketones is 1. The highest BCUT2D eigenvalue weighted by Crippen LogP contribution is 2.32. The Balaban J connectivity index is 1.60. The van der Waals surface area contributed by atoms with Crippen LogP contribution in [0.15, 0.2) is 29.8 Å². The molecule has 1 N–H and O–H groups in total. The Morgan fingerprint density at radius 1 is 1.32 bits per heavy atom. The number of hydrogen-bond acceptors (Lipinski definition) is 5. The van der Waals surface area contributed by atoms with Crippen molar-refractivity contribution in [3.05, 3.63) is 51.5 Å². The predicted molar refractivity (Wildman–Crippen MR) is 96.7 cm³/mol. The highest BCUT2D eigenvalue weighted by molar-refractivity contribution is 7.12. The molecule has 2 aromatic heterocycles. The lowest BCUT2D eigenvalue weighted by atomic mass is 9.87. The molecule has 3 heterocycles. The summed E-state index contributed by atoms with van der Waals surface area (Å²) >= 11 is 1.38. The molecule has 132 valence electrons. The first-order valence-electron chi connectivity index (χ1n) is 8.39. The highest BCUT2D eigenvalue weighted by atomic mass is 32.1. The van der Waals surface area contributed by atoms with Crippen molar-refractivity contribution in [2.45, 2.75) is 38.7 Å². The molecule has 0 aliphatic carbocycles. The number of rotatable bonds is 4. The fourth-order valence-electron chi connectivity index (χ4n) is 3.06. The van der Waals surface area contributed by atoms with Crippen LogP contribution in [0.25, 0.3) is 0 Å². The molecule has 6 heteroatoms. The van der Waals surface area contributed by atoms with E-state index < -0.39 is 5.60 Å². The van der Waals surface area contributed by atoms with Crippen molar-refractivity contribution in [2.24, 2.45) is 0 Å². The Kier molecular flexibility index (Phi) is 5.01. The van der Waals surface area contributed by atoms with Gasteiger partial charge in [0.1, 0.15) is 5.60 Å². The second-order valence-electron chi connectivity index (χ2n) is 6.69. The molecule has 1 fully saturated rings. The van der Waals surface area contributed by atoms with Crippen LogP contribution in [-0.4, -0.2) is 39.8 Å². The largest absolute Gasteiger partial charge is 0.383 e. The summed E-state index contributed by atoms with van der Waals surface area (Å²) in [6.45, 7) is 4.51. The highest BCUT2D eigenvalue weighted by Gasteiger charge is 2.36. The van der Waals surface area contributed by atoms with Gasteiger partial charge in [0.05, 0.1) is 17.0 Å². The smallest absolute Gasteiger partial charge is 0.227 e. The van der Waals surface area contributed by atoms with E-state index in [9.17, 15) is 14.7 Å². The number of hydrogen-bond donors (Lipinski definition) is 1. The lowest BCUT2D eigenvalue weighted by molar-refractivity contribution is -0.135. The Hall–Kier alpha value is -2.05. The van der Waals surface area contributed by atoms with Gasteiger partial charge in [0.25, 0.3) is 0 Å². The first kappa shape index (κ1) is 17.8. The summed E-state index contributed by atoms with van der Waals surface area (Å²) in [5.74, 6) is 0.0594. The van der Waals surface area contributed by atoms with Crippen LogP contribution in [0.5, 0.6) is 0 Å². The van der Waals surface area contributed by atoms with E-state index in [1.54, 1.807) is 17.2 Å². The normalized spacial score (nSPS) is 16.7. The molecule has 3 rings (SSSR count). The standard InChI is InChI=1S/C19H22N2O3S/c1-13-3-4-17(20-11-13)19(24)5-7-21(8-6-19)18(23)10-15-9-16(14(2)22)25-12-15/h3-4,9,11-12,24H,5-8,10H2,1-2H3. The zero-order valence-electron chi connectivity index (χ0n) is 14.5. The second-order valence-corrected chi connectivity index (χ2v) is 7.60. The third kappa shape index (κ3) is 3.96. The van der Waals surface area contributed by atoms with Crippen LogP contribution in [0.1, 0.15) is 46.3 Å². The molecule has 0 spiro atoms. The third-order valence-electron chi connectivity index (χ3n) is 4.69. The molecule has 0 aromatic carbocycles. The Bertz CT molecular complexity index is 774. The van der Waals surface area contributed by atoms with E-state index in [0.29, 0.717) is 42.9 Å². The number of piperidine rings is 1. The fourth-order valence-corrected chi connectivity index (χ4v) is 3.88. The minimum atomic E-state index is -0.964. The van der Waals surface area contributed by atoms with Crippen LogP contribution in [0, 0.1) is 6.92 Å². The number of carbonyl (C=O) groups is 2. The Morgan fingerprint density at radius 2 is 2.04 bits per heavy atom. The summed E-state index contributed by atoms with van der Waals surface area (Å²) in [7, 11) is 0. The van der Waals surface area contributed by atoms with Crippen molar-refractivity contribution in [3.63, 3.8) is 0 Å². The average molecular weight is 358 g/mol. The van der Waals surface area contributed by atoms with Crippen molar-refractivity contribution in [3.8, 4) is 0 Å². The van der Waals surface area contributed by atoms with Crippen molar-refractivity contribution in [1.29, 1.82) is 0 Å². The van der Waals surface area contributed by atoms with Gasteiger partial charge in [-0.25, -0.2) is 0 Å². The van der Waals surface area contributed by atoms with Crippen LogP contribution in [0.3, 0.4) is 0 Å². The number of thiophene rings is 1. The lowest BCUT2D eigenvalue weighted by Crippen LogP contribution is -2.46. The molecule has 25 heavy (non-hydrogen) atoms. The van der Waals surface area contributed by atoms with E-state index >= 15 is 0 Å². The summed E-state index contributed by atoms with van der Waals surface area (Å²) in [4.78, 5) is 30.7. The predicted octanol–water partition coefficient (Wildman–Crippen LogP) is 2.71. The SMILES string of the molecule is CC(=O)c1cc(CC(=O)N2CCC(O)(c3ccc(C)cn3)CC2)cs1. The van der Waals surface area contributed by atoms with E-state index in [4.69, 9.17) is 0 Å². The van der Waals surface area contributed by atoms with E-state index in [0.717, 1.165) is 11.1 Å². The van der Waals surface area contributed by atoms with Crippen LogP contribution in [0.2, 0.25) is 0 Å². The number of amides is 1. The number of carbonyl (C=O) groups excluding carboxylic acids is 2. The number of likely N-dealkylation sites (tertiary alicyclic amines) is 1. The molecular formula is C19H22N2O3S. The topological polar surface area (TPSA) is 70.5 Å². The first-order chi connectivity index (χ1) is 11.9. The molecule has 2 aromatic rings. The molecule has 1 saturated heterocycles. The number of aryl methyl sites for hydroxylation is 1. The van der Waals surface area contributed by atoms with E-state index in [1.807, 2.05) is 24.4 Å². The number of Topliss-reactive ketones (excluding diaryl/α,β-unsaturated/α-hetero) is 1. The Labute approximate surface area is 151 Å².